The van der Waals surface area contributed by atoms with E-state index < -0.39 is 11.6 Å². The summed E-state index contributed by atoms with van der Waals surface area (Å²) in [5.74, 6) is -0.334. The van der Waals surface area contributed by atoms with Crippen LogP contribution in [-0.2, 0) is 16.0 Å². The number of amides is 1. The van der Waals surface area contributed by atoms with E-state index in [1.807, 2.05) is 26.8 Å². The van der Waals surface area contributed by atoms with E-state index in [1.54, 1.807) is 4.90 Å². The molecule has 32 heavy (non-hydrogen) atoms. The van der Waals surface area contributed by atoms with E-state index in [9.17, 15) is 14.7 Å². The van der Waals surface area contributed by atoms with Gasteiger partial charge in [0.15, 0.2) is 0 Å². The van der Waals surface area contributed by atoms with Crippen LogP contribution >= 0.6 is 0 Å². The lowest BCUT2D eigenvalue weighted by molar-refractivity contribution is -0.138. The van der Waals surface area contributed by atoms with Gasteiger partial charge in [-0.2, -0.15) is 0 Å². The first-order valence-corrected chi connectivity index (χ1v) is 12.0. The number of likely N-dealkylation sites (tertiary alicyclic amines) is 1. The third-order valence-electron chi connectivity index (χ3n) is 6.43. The predicted octanol–water partition coefficient (Wildman–Crippen LogP) is 4.57. The maximum absolute atomic E-state index is 12.3. The van der Waals surface area contributed by atoms with Crippen LogP contribution in [0.25, 0.3) is 0 Å². The van der Waals surface area contributed by atoms with Gasteiger partial charge in [0, 0.05) is 31.4 Å². The Kier molecular flexibility index (Phi) is 8.40. The molecule has 0 aromatic heterocycles. The van der Waals surface area contributed by atoms with Crippen LogP contribution in [0.5, 0.6) is 0 Å². The van der Waals surface area contributed by atoms with Crippen molar-refractivity contribution in [2.45, 2.75) is 77.4 Å². The van der Waals surface area contributed by atoms with Gasteiger partial charge in [-0.3, -0.25) is 9.69 Å². The molecule has 1 atom stereocenters. The van der Waals surface area contributed by atoms with Gasteiger partial charge in [-0.25, -0.2) is 4.79 Å². The molecule has 1 amide bonds. The fourth-order valence-electron chi connectivity index (χ4n) is 4.74. The maximum atomic E-state index is 12.3. The molecule has 0 radical (unpaired) electrons. The van der Waals surface area contributed by atoms with E-state index >= 15 is 0 Å². The van der Waals surface area contributed by atoms with E-state index in [2.05, 4.69) is 28.4 Å². The Hall–Kier alpha value is -2.28. The number of anilines is 1. The second kappa shape index (κ2) is 11.0. The number of carboxylic acid groups (broad SMARTS) is 1. The molecule has 1 fully saturated rings. The zero-order valence-corrected chi connectivity index (χ0v) is 19.8. The van der Waals surface area contributed by atoms with Crippen molar-refractivity contribution < 1.29 is 19.4 Å². The van der Waals surface area contributed by atoms with Crippen LogP contribution in [0, 0.1) is 5.92 Å². The van der Waals surface area contributed by atoms with E-state index in [-0.39, 0.29) is 18.6 Å². The molecule has 1 aromatic rings. The molecule has 0 bridgehead atoms. The quantitative estimate of drug-likeness (QED) is 0.691. The Morgan fingerprint density at radius 3 is 2.56 bits per heavy atom. The van der Waals surface area contributed by atoms with Crippen LogP contribution in [-0.4, -0.2) is 64.9 Å². The lowest BCUT2D eigenvalue weighted by atomic mass is 9.88. The largest absolute Gasteiger partial charge is 0.481 e. The Balaban J connectivity index is 1.59. The second-order valence-corrected chi connectivity index (χ2v) is 10.2. The van der Waals surface area contributed by atoms with Gasteiger partial charge in [0.05, 0.1) is 13.1 Å². The van der Waals surface area contributed by atoms with Crippen molar-refractivity contribution >= 4 is 17.7 Å². The predicted molar refractivity (Wildman–Crippen MR) is 126 cm³/mol. The van der Waals surface area contributed by atoms with Gasteiger partial charge in [-0.05, 0) is 76.8 Å². The van der Waals surface area contributed by atoms with E-state index in [0.29, 0.717) is 25.7 Å². The Morgan fingerprint density at radius 2 is 1.88 bits per heavy atom. The highest BCUT2D eigenvalue weighted by molar-refractivity contribution is 5.68. The van der Waals surface area contributed by atoms with Gasteiger partial charge >= 0.3 is 12.1 Å². The third-order valence-corrected chi connectivity index (χ3v) is 6.43. The van der Waals surface area contributed by atoms with Crippen LogP contribution in [0.2, 0.25) is 0 Å². The van der Waals surface area contributed by atoms with E-state index in [4.69, 9.17) is 4.74 Å². The average molecular weight is 446 g/mol. The minimum Gasteiger partial charge on any atom is -0.481 e. The van der Waals surface area contributed by atoms with Crippen LogP contribution in [0.1, 0.15) is 64.9 Å². The number of ether oxygens (including phenoxy) is 1. The molecule has 2 aliphatic heterocycles. The number of rotatable bonds is 5. The molecule has 0 unspecified atom stereocenters. The van der Waals surface area contributed by atoms with Crippen molar-refractivity contribution in [2.75, 3.05) is 31.6 Å². The molecule has 7 heteroatoms. The molecule has 2 N–H and O–H groups in total. The molecule has 1 saturated heterocycles. The number of carboxylic acids is 1. The zero-order chi connectivity index (χ0) is 23.1. The number of piperidine rings is 1. The van der Waals surface area contributed by atoms with E-state index in [0.717, 1.165) is 50.8 Å². The molecule has 0 saturated carbocycles. The summed E-state index contributed by atoms with van der Waals surface area (Å²) in [6, 6.07) is 8.39. The lowest BCUT2D eigenvalue weighted by Crippen LogP contribution is -2.45. The third kappa shape index (κ3) is 7.40. The summed E-state index contributed by atoms with van der Waals surface area (Å²) in [4.78, 5) is 28.1. The summed E-state index contributed by atoms with van der Waals surface area (Å²) < 4.78 is 5.50. The molecule has 1 aromatic carbocycles. The van der Waals surface area contributed by atoms with Crippen molar-refractivity contribution in [1.29, 1.82) is 0 Å². The summed E-state index contributed by atoms with van der Waals surface area (Å²) in [7, 11) is 0. The van der Waals surface area contributed by atoms with Gasteiger partial charge in [0.2, 0.25) is 0 Å². The number of benzene rings is 1. The molecule has 2 heterocycles. The highest BCUT2D eigenvalue weighted by Gasteiger charge is 2.30. The monoisotopic (exact) mass is 445 g/mol. The molecular weight excluding hydrogens is 406 g/mol. The summed E-state index contributed by atoms with van der Waals surface area (Å²) in [6.07, 6.45) is 5.73. The van der Waals surface area contributed by atoms with Gasteiger partial charge < -0.3 is 20.1 Å². The molecule has 0 spiro atoms. The second-order valence-electron chi connectivity index (χ2n) is 10.2. The van der Waals surface area contributed by atoms with Gasteiger partial charge in [-0.1, -0.05) is 18.2 Å². The smallest absolute Gasteiger partial charge is 0.410 e. The summed E-state index contributed by atoms with van der Waals surface area (Å²) in [5.41, 5.74) is 1.99. The average Bonchev–Trinajstić information content (AvgIpc) is 2.82. The molecule has 0 aliphatic carbocycles. The minimum absolute atomic E-state index is 0.0108. The number of aryl methyl sites for hydroxylation is 1. The van der Waals surface area contributed by atoms with Crippen molar-refractivity contribution in [1.82, 2.24) is 9.80 Å². The first-order valence-electron chi connectivity index (χ1n) is 12.0. The van der Waals surface area contributed by atoms with Crippen molar-refractivity contribution in [3.05, 3.63) is 29.8 Å². The number of carbonyl (C=O) groups is 2. The van der Waals surface area contributed by atoms with Crippen molar-refractivity contribution in [3.63, 3.8) is 0 Å². The van der Waals surface area contributed by atoms with Crippen LogP contribution in [0.4, 0.5) is 10.5 Å². The van der Waals surface area contributed by atoms with E-state index in [1.165, 1.54) is 5.56 Å². The number of hydrogen-bond acceptors (Lipinski definition) is 5. The number of hydrogen-bond donors (Lipinski definition) is 2. The fourth-order valence-corrected chi connectivity index (χ4v) is 4.74. The number of nitrogens with zero attached hydrogens (tertiary/aromatic N) is 2. The molecule has 178 valence electrons. The number of carbonyl (C=O) groups excluding carboxylic acids is 1. The Bertz CT molecular complexity index is 769. The highest BCUT2D eigenvalue weighted by Crippen LogP contribution is 2.28. The lowest BCUT2D eigenvalue weighted by Gasteiger charge is -2.37. The van der Waals surface area contributed by atoms with Crippen LogP contribution < -0.4 is 5.32 Å². The minimum atomic E-state index is -0.749. The molecular formula is C25H39N3O4. The summed E-state index contributed by atoms with van der Waals surface area (Å²) in [5, 5.41) is 13.1. The molecule has 7 nitrogen and oxygen atoms in total. The zero-order valence-electron chi connectivity index (χ0n) is 19.8. The number of nitrogens with one attached hydrogen (secondary N) is 1. The topological polar surface area (TPSA) is 82.1 Å². The molecule has 2 aliphatic rings. The summed E-state index contributed by atoms with van der Waals surface area (Å²) >= 11 is 0. The van der Waals surface area contributed by atoms with Crippen LogP contribution in [0.15, 0.2) is 24.3 Å². The first-order chi connectivity index (χ1) is 15.2. The van der Waals surface area contributed by atoms with Gasteiger partial charge in [0.1, 0.15) is 5.60 Å². The standard InChI is InChI=1S/C25H39N3O4/c1-25(2,3)32-24(31)27-14-11-19(12-15-27)16-21(17-23(29)30)28-13-7-6-9-20-8-4-5-10-22(20)26-18-28/h4-5,8,10,19,21,26H,6-7,9,11-18H2,1-3H3,(H,29,30)/t21-/m0/s1. The maximum Gasteiger partial charge on any atom is 0.410 e. The Morgan fingerprint density at radius 1 is 1.16 bits per heavy atom. The normalized spacial score (nSPS) is 19.7. The van der Waals surface area contributed by atoms with Crippen molar-refractivity contribution in [2.24, 2.45) is 5.92 Å². The Labute approximate surface area is 192 Å². The number of fused-ring (bicyclic) bond motifs is 1. The fraction of sp³-hybridized carbons (Fsp3) is 0.680. The highest BCUT2D eigenvalue weighted by atomic mass is 16.6. The number of aliphatic carboxylic acids is 1. The summed E-state index contributed by atoms with van der Waals surface area (Å²) in [6.45, 7) is 8.54. The molecule has 3 rings (SSSR count). The first kappa shape index (κ1) is 24.4. The van der Waals surface area contributed by atoms with Gasteiger partial charge in [0.25, 0.3) is 0 Å². The van der Waals surface area contributed by atoms with Crippen LogP contribution in [0.3, 0.4) is 0 Å². The number of para-hydroxylation sites is 1. The van der Waals surface area contributed by atoms with Gasteiger partial charge in [-0.15, -0.1) is 0 Å². The SMILES string of the molecule is CC(C)(C)OC(=O)N1CCC(C[C@@H](CC(=O)O)N2CCCCc3ccccc3NC2)CC1. The van der Waals surface area contributed by atoms with Crippen molar-refractivity contribution in [3.8, 4) is 0 Å².